The second-order valence-electron chi connectivity index (χ2n) is 9.85. The normalized spacial score (nSPS) is 35.8. The first-order chi connectivity index (χ1) is 14.8. The molecule has 0 aliphatic carbocycles. The molecule has 1 aromatic rings. The number of likely N-dealkylation sites (N-methyl/N-ethyl adjacent to an activating group) is 1. The van der Waals surface area contributed by atoms with Gasteiger partial charge in [0.15, 0.2) is 0 Å². The SMILES string of the molecule is Cc1ccc(CN2C[C@@]34C=C[C@@H](O3)C(C(=O)N(C)CC3CC(C)NN3)C4C2=O)cc1C. The summed E-state index contributed by atoms with van der Waals surface area (Å²) >= 11 is 0. The first kappa shape index (κ1) is 20.7. The minimum atomic E-state index is -0.662. The zero-order chi connectivity index (χ0) is 21.9. The summed E-state index contributed by atoms with van der Waals surface area (Å²) in [5, 5.41) is 0. The van der Waals surface area contributed by atoms with E-state index in [0.29, 0.717) is 25.7 Å². The van der Waals surface area contributed by atoms with Crippen LogP contribution in [0.1, 0.15) is 30.0 Å². The molecule has 0 aromatic heterocycles. The van der Waals surface area contributed by atoms with E-state index in [9.17, 15) is 9.59 Å². The molecule has 0 saturated carbocycles. The van der Waals surface area contributed by atoms with Crippen LogP contribution in [0.3, 0.4) is 0 Å². The van der Waals surface area contributed by atoms with Crippen LogP contribution in [0.2, 0.25) is 0 Å². The predicted molar refractivity (Wildman–Crippen MR) is 117 cm³/mol. The molecular formula is C24H32N4O3. The van der Waals surface area contributed by atoms with Gasteiger partial charge in [0.25, 0.3) is 0 Å². The van der Waals surface area contributed by atoms with Crippen molar-refractivity contribution in [3.8, 4) is 0 Å². The molecule has 166 valence electrons. The number of ether oxygens (including phenoxy) is 1. The number of amides is 2. The Morgan fingerprint density at radius 3 is 2.81 bits per heavy atom. The van der Waals surface area contributed by atoms with Crippen LogP contribution < -0.4 is 10.9 Å². The largest absolute Gasteiger partial charge is 0.360 e. The summed E-state index contributed by atoms with van der Waals surface area (Å²) in [6.45, 7) is 7.97. The molecule has 2 bridgehead atoms. The Balaban J connectivity index is 1.32. The maximum absolute atomic E-state index is 13.5. The fourth-order valence-electron chi connectivity index (χ4n) is 5.72. The summed E-state index contributed by atoms with van der Waals surface area (Å²) in [6.07, 6.45) is 4.67. The molecule has 4 heterocycles. The second-order valence-corrected chi connectivity index (χ2v) is 9.85. The van der Waals surface area contributed by atoms with E-state index in [1.165, 1.54) is 11.1 Å². The van der Waals surface area contributed by atoms with Crippen molar-refractivity contribution < 1.29 is 14.3 Å². The van der Waals surface area contributed by atoms with Gasteiger partial charge in [-0.05, 0) is 43.9 Å². The number of fused-ring (bicyclic) bond motifs is 1. The highest BCUT2D eigenvalue weighted by atomic mass is 16.5. The van der Waals surface area contributed by atoms with Crippen LogP contribution in [-0.2, 0) is 20.9 Å². The maximum Gasteiger partial charge on any atom is 0.230 e. The van der Waals surface area contributed by atoms with E-state index in [1.807, 2.05) is 24.1 Å². The third-order valence-electron chi connectivity index (χ3n) is 7.45. The van der Waals surface area contributed by atoms with Gasteiger partial charge in [-0.2, -0.15) is 0 Å². The number of likely N-dealkylation sites (tertiary alicyclic amines) is 1. The Labute approximate surface area is 183 Å². The standard InChI is InChI=1S/C24H32N4O3/c1-14-5-6-17(9-15(14)2)11-28-13-24-8-7-19(31-24)20(21(24)23(28)30)22(29)27(4)12-18-10-16(3)25-26-18/h5-9,16,18-21,25-26H,10-13H2,1-4H3/t16?,18?,19-,20?,21?,24-/m1/s1. The summed E-state index contributed by atoms with van der Waals surface area (Å²) in [5.74, 6) is -0.841. The third-order valence-corrected chi connectivity index (χ3v) is 7.45. The molecule has 3 saturated heterocycles. The van der Waals surface area contributed by atoms with Crippen molar-refractivity contribution in [3.63, 3.8) is 0 Å². The van der Waals surface area contributed by atoms with E-state index < -0.39 is 17.4 Å². The van der Waals surface area contributed by atoms with Crippen LogP contribution in [-0.4, -0.2) is 65.5 Å². The number of aryl methyl sites for hydroxylation is 2. The van der Waals surface area contributed by atoms with Gasteiger partial charge in [0.05, 0.1) is 24.5 Å². The van der Waals surface area contributed by atoms with E-state index in [-0.39, 0.29) is 24.0 Å². The monoisotopic (exact) mass is 424 g/mol. The number of rotatable bonds is 5. The van der Waals surface area contributed by atoms with Gasteiger partial charge in [0.2, 0.25) is 11.8 Å². The number of hydrazine groups is 1. The average molecular weight is 425 g/mol. The number of carbonyl (C=O) groups is 2. The van der Waals surface area contributed by atoms with Crippen molar-refractivity contribution in [2.45, 2.75) is 57.5 Å². The molecule has 4 aliphatic heterocycles. The number of hydrogen-bond donors (Lipinski definition) is 2. The predicted octanol–water partition coefficient (Wildman–Crippen LogP) is 1.30. The number of nitrogens with one attached hydrogen (secondary N) is 2. The van der Waals surface area contributed by atoms with Crippen molar-refractivity contribution in [1.29, 1.82) is 0 Å². The molecule has 6 atom stereocenters. The van der Waals surface area contributed by atoms with Crippen LogP contribution in [0, 0.1) is 25.7 Å². The van der Waals surface area contributed by atoms with E-state index in [1.54, 1.807) is 4.90 Å². The molecule has 1 spiro atoms. The molecule has 31 heavy (non-hydrogen) atoms. The van der Waals surface area contributed by atoms with Gasteiger partial charge in [0, 0.05) is 32.2 Å². The Bertz CT molecular complexity index is 947. The van der Waals surface area contributed by atoms with Crippen LogP contribution in [0.25, 0.3) is 0 Å². The number of carbonyl (C=O) groups excluding carboxylic acids is 2. The Kier molecular flexibility index (Phi) is 4.95. The van der Waals surface area contributed by atoms with E-state index in [0.717, 1.165) is 12.0 Å². The van der Waals surface area contributed by atoms with E-state index in [2.05, 4.69) is 49.8 Å². The molecule has 7 heteroatoms. The second kappa shape index (κ2) is 7.43. The lowest BCUT2D eigenvalue weighted by Gasteiger charge is -2.29. The lowest BCUT2D eigenvalue weighted by molar-refractivity contribution is -0.142. The highest BCUT2D eigenvalue weighted by Crippen LogP contribution is 2.52. The summed E-state index contributed by atoms with van der Waals surface area (Å²) < 4.78 is 6.29. The average Bonchev–Trinajstić information content (AvgIpc) is 3.46. The van der Waals surface area contributed by atoms with Crippen LogP contribution in [0.5, 0.6) is 0 Å². The Hall–Kier alpha value is -2.22. The zero-order valence-corrected chi connectivity index (χ0v) is 18.7. The van der Waals surface area contributed by atoms with Crippen LogP contribution >= 0.6 is 0 Å². The molecule has 3 fully saturated rings. The maximum atomic E-state index is 13.5. The fourth-order valence-corrected chi connectivity index (χ4v) is 5.72. The third kappa shape index (κ3) is 3.39. The summed E-state index contributed by atoms with van der Waals surface area (Å²) in [4.78, 5) is 30.5. The van der Waals surface area contributed by atoms with Crippen molar-refractivity contribution in [2.75, 3.05) is 20.1 Å². The topological polar surface area (TPSA) is 73.9 Å². The van der Waals surface area contributed by atoms with Gasteiger partial charge < -0.3 is 14.5 Å². The first-order valence-corrected chi connectivity index (χ1v) is 11.3. The smallest absolute Gasteiger partial charge is 0.230 e. The highest BCUT2D eigenvalue weighted by Gasteiger charge is 2.67. The van der Waals surface area contributed by atoms with Crippen molar-refractivity contribution in [1.82, 2.24) is 20.7 Å². The van der Waals surface area contributed by atoms with Gasteiger partial charge in [-0.25, -0.2) is 0 Å². The van der Waals surface area contributed by atoms with Crippen molar-refractivity contribution in [2.24, 2.45) is 11.8 Å². The fraction of sp³-hybridized carbons (Fsp3) is 0.583. The van der Waals surface area contributed by atoms with Gasteiger partial charge >= 0.3 is 0 Å². The Morgan fingerprint density at radius 2 is 2.10 bits per heavy atom. The molecule has 0 radical (unpaired) electrons. The van der Waals surface area contributed by atoms with Crippen LogP contribution in [0.4, 0.5) is 0 Å². The summed E-state index contributed by atoms with van der Waals surface area (Å²) in [6, 6.07) is 6.92. The van der Waals surface area contributed by atoms with Crippen molar-refractivity contribution >= 4 is 11.8 Å². The molecular weight excluding hydrogens is 392 g/mol. The van der Waals surface area contributed by atoms with Crippen molar-refractivity contribution in [3.05, 3.63) is 47.0 Å². The summed E-state index contributed by atoms with van der Waals surface area (Å²) in [5.41, 5.74) is 9.37. The van der Waals surface area contributed by atoms with Gasteiger partial charge in [0.1, 0.15) is 5.60 Å². The van der Waals surface area contributed by atoms with E-state index >= 15 is 0 Å². The molecule has 2 N–H and O–H groups in total. The van der Waals surface area contributed by atoms with Gasteiger partial charge in [-0.1, -0.05) is 30.4 Å². The molecule has 2 amide bonds. The molecule has 7 nitrogen and oxygen atoms in total. The lowest BCUT2D eigenvalue weighted by atomic mass is 9.76. The van der Waals surface area contributed by atoms with Crippen LogP contribution in [0.15, 0.2) is 30.4 Å². The lowest BCUT2D eigenvalue weighted by Crippen LogP contribution is -2.48. The number of benzene rings is 1. The van der Waals surface area contributed by atoms with Gasteiger partial charge in [-0.15, -0.1) is 0 Å². The van der Waals surface area contributed by atoms with Gasteiger partial charge in [-0.3, -0.25) is 20.4 Å². The minimum absolute atomic E-state index is 0.00367. The Morgan fingerprint density at radius 1 is 1.29 bits per heavy atom. The molecule has 4 unspecified atom stereocenters. The molecule has 5 rings (SSSR count). The zero-order valence-electron chi connectivity index (χ0n) is 18.7. The molecule has 4 aliphatic rings. The summed E-state index contributed by atoms with van der Waals surface area (Å²) in [7, 11) is 1.83. The minimum Gasteiger partial charge on any atom is -0.360 e. The quantitative estimate of drug-likeness (QED) is 0.697. The number of hydrogen-bond acceptors (Lipinski definition) is 5. The molecule has 1 aromatic carbocycles. The first-order valence-electron chi connectivity index (χ1n) is 11.3. The highest BCUT2D eigenvalue weighted by molar-refractivity contribution is 5.93. The number of nitrogens with zero attached hydrogens (tertiary/aromatic N) is 2. The van der Waals surface area contributed by atoms with E-state index in [4.69, 9.17) is 4.74 Å².